The maximum atomic E-state index is 14.0. The zero-order valence-corrected chi connectivity index (χ0v) is 12.5. The van der Waals surface area contributed by atoms with Gasteiger partial charge in [-0.1, -0.05) is 32.9 Å². The number of likely N-dealkylation sites (tertiary alicyclic amines) is 1. The number of nitrogens with one attached hydrogen (secondary N) is 1. The summed E-state index contributed by atoms with van der Waals surface area (Å²) in [6, 6.07) is 4.25. The molecule has 2 nitrogen and oxygen atoms in total. The van der Waals surface area contributed by atoms with Gasteiger partial charge in [-0.2, -0.15) is 0 Å². The highest BCUT2D eigenvalue weighted by molar-refractivity contribution is 5.23. The monoisotopic (exact) mass is 282 g/mol. The van der Waals surface area contributed by atoms with Crippen LogP contribution in [0.5, 0.6) is 0 Å². The summed E-state index contributed by atoms with van der Waals surface area (Å²) in [5.74, 6) is -1.50. The summed E-state index contributed by atoms with van der Waals surface area (Å²) in [6.45, 7) is 9.96. The zero-order chi connectivity index (χ0) is 14.8. The summed E-state index contributed by atoms with van der Waals surface area (Å²) in [5.41, 5.74) is 0.744. The maximum Gasteiger partial charge on any atom is 0.163 e. The van der Waals surface area contributed by atoms with Crippen molar-refractivity contribution in [2.24, 2.45) is 5.41 Å². The molecule has 1 aromatic rings. The van der Waals surface area contributed by atoms with Crippen molar-refractivity contribution >= 4 is 0 Å². The van der Waals surface area contributed by atoms with Gasteiger partial charge in [-0.3, -0.25) is 0 Å². The molecule has 0 saturated carbocycles. The molecule has 1 saturated heterocycles. The number of likely N-dealkylation sites (N-methyl/N-ethyl adjacent to an activating group) is 1. The van der Waals surface area contributed by atoms with Gasteiger partial charge in [-0.15, -0.1) is 0 Å². The predicted octanol–water partition coefficient (Wildman–Crippen LogP) is 3.35. The molecule has 0 radical (unpaired) electrons. The molecule has 1 aliphatic heterocycles. The Labute approximate surface area is 120 Å². The Morgan fingerprint density at radius 1 is 1.35 bits per heavy atom. The van der Waals surface area contributed by atoms with Gasteiger partial charge in [0.05, 0.1) is 0 Å². The van der Waals surface area contributed by atoms with Crippen LogP contribution in [0.2, 0.25) is 0 Å². The molecule has 0 aromatic heterocycles. The minimum absolute atomic E-state index is 0.162. The van der Waals surface area contributed by atoms with Crippen molar-refractivity contribution in [2.75, 3.05) is 26.2 Å². The summed E-state index contributed by atoms with van der Waals surface area (Å²) in [4.78, 5) is 2.33. The van der Waals surface area contributed by atoms with Crippen molar-refractivity contribution in [2.45, 2.75) is 33.2 Å². The van der Waals surface area contributed by atoms with Crippen LogP contribution in [0.1, 0.15) is 38.8 Å². The highest BCUT2D eigenvalue weighted by atomic mass is 19.2. The van der Waals surface area contributed by atoms with Crippen LogP contribution in [0, 0.1) is 17.0 Å². The van der Waals surface area contributed by atoms with Gasteiger partial charge in [0.15, 0.2) is 11.6 Å². The second kappa shape index (κ2) is 6.19. The third-order valence-electron chi connectivity index (χ3n) is 4.00. The Hall–Kier alpha value is -1.00. The summed E-state index contributed by atoms with van der Waals surface area (Å²) < 4.78 is 27.4. The first-order valence-electron chi connectivity index (χ1n) is 7.32. The van der Waals surface area contributed by atoms with E-state index in [0.717, 1.165) is 32.6 Å². The molecule has 2 rings (SSSR count). The molecule has 4 heteroatoms. The van der Waals surface area contributed by atoms with Gasteiger partial charge in [-0.05, 0) is 31.0 Å². The van der Waals surface area contributed by atoms with Crippen molar-refractivity contribution in [1.82, 2.24) is 10.2 Å². The van der Waals surface area contributed by atoms with E-state index in [0.29, 0.717) is 11.0 Å². The van der Waals surface area contributed by atoms with E-state index < -0.39 is 11.6 Å². The normalized spacial score (nSPS) is 20.2. The van der Waals surface area contributed by atoms with Crippen LogP contribution in [-0.4, -0.2) is 31.1 Å². The molecule has 0 aliphatic carbocycles. The van der Waals surface area contributed by atoms with Crippen LogP contribution in [0.15, 0.2) is 18.2 Å². The second-order valence-corrected chi connectivity index (χ2v) is 6.40. The molecule has 20 heavy (non-hydrogen) atoms. The first-order chi connectivity index (χ1) is 9.43. The molecule has 112 valence electrons. The lowest BCUT2D eigenvalue weighted by Gasteiger charge is -2.26. The van der Waals surface area contributed by atoms with Gasteiger partial charge >= 0.3 is 0 Å². The van der Waals surface area contributed by atoms with E-state index >= 15 is 0 Å². The molecule has 0 bridgehead atoms. The van der Waals surface area contributed by atoms with Crippen LogP contribution >= 0.6 is 0 Å². The Morgan fingerprint density at radius 2 is 2.10 bits per heavy atom. The Bertz CT molecular complexity index is 460. The van der Waals surface area contributed by atoms with Crippen molar-refractivity contribution in [3.05, 3.63) is 35.4 Å². The lowest BCUT2D eigenvalue weighted by molar-refractivity contribution is 0.259. The molecule has 1 heterocycles. The summed E-state index contributed by atoms with van der Waals surface area (Å²) in [7, 11) is 0. The lowest BCUT2D eigenvalue weighted by atomic mass is 9.93. The van der Waals surface area contributed by atoms with E-state index in [9.17, 15) is 8.78 Å². The second-order valence-electron chi connectivity index (χ2n) is 6.40. The highest BCUT2D eigenvalue weighted by Gasteiger charge is 2.31. The lowest BCUT2D eigenvalue weighted by Crippen LogP contribution is -2.35. The Morgan fingerprint density at radius 3 is 2.70 bits per heavy atom. The fourth-order valence-corrected chi connectivity index (χ4v) is 2.95. The number of halogens is 2. The zero-order valence-electron chi connectivity index (χ0n) is 12.5. The molecule has 1 aliphatic rings. The van der Waals surface area contributed by atoms with Gasteiger partial charge in [0, 0.05) is 24.7 Å². The Kier molecular flexibility index (Phi) is 4.76. The number of hydrogen-bond acceptors (Lipinski definition) is 2. The van der Waals surface area contributed by atoms with E-state index in [1.165, 1.54) is 6.07 Å². The first-order valence-corrected chi connectivity index (χ1v) is 7.32. The minimum atomic E-state index is -0.771. The van der Waals surface area contributed by atoms with Gasteiger partial charge in [0.25, 0.3) is 0 Å². The quantitative estimate of drug-likeness (QED) is 0.891. The molecular weight excluding hydrogens is 258 g/mol. The van der Waals surface area contributed by atoms with E-state index in [2.05, 4.69) is 24.1 Å². The van der Waals surface area contributed by atoms with E-state index in [4.69, 9.17) is 0 Å². The average Bonchev–Trinajstić information content (AvgIpc) is 2.72. The molecule has 1 aromatic carbocycles. The maximum absolute atomic E-state index is 14.0. The van der Waals surface area contributed by atoms with Crippen molar-refractivity contribution < 1.29 is 8.78 Å². The van der Waals surface area contributed by atoms with Gasteiger partial charge < -0.3 is 10.2 Å². The van der Waals surface area contributed by atoms with Crippen LogP contribution in [0.25, 0.3) is 0 Å². The fourth-order valence-electron chi connectivity index (χ4n) is 2.95. The molecule has 0 amide bonds. The highest BCUT2D eigenvalue weighted by Crippen LogP contribution is 2.30. The smallest absolute Gasteiger partial charge is 0.163 e. The largest absolute Gasteiger partial charge is 0.309 e. The topological polar surface area (TPSA) is 15.3 Å². The van der Waals surface area contributed by atoms with Crippen molar-refractivity contribution in [3.63, 3.8) is 0 Å². The summed E-state index contributed by atoms with van der Waals surface area (Å²) in [6.07, 6.45) is 1.15. The molecule has 0 spiro atoms. The van der Waals surface area contributed by atoms with E-state index in [1.54, 1.807) is 12.1 Å². The van der Waals surface area contributed by atoms with Gasteiger partial charge in [-0.25, -0.2) is 8.78 Å². The van der Waals surface area contributed by atoms with Crippen LogP contribution in [-0.2, 0) is 0 Å². The van der Waals surface area contributed by atoms with E-state index in [-0.39, 0.29) is 6.04 Å². The predicted molar refractivity (Wildman–Crippen MR) is 77.6 cm³/mol. The Balaban J connectivity index is 2.13. The molecule has 1 N–H and O–H groups in total. The van der Waals surface area contributed by atoms with E-state index in [1.807, 2.05) is 6.92 Å². The van der Waals surface area contributed by atoms with Crippen molar-refractivity contribution in [1.29, 1.82) is 0 Å². The minimum Gasteiger partial charge on any atom is -0.309 e. The van der Waals surface area contributed by atoms with Crippen LogP contribution < -0.4 is 5.32 Å². The molecule has 1 unspecified atom stereocenters. The fraction of sp³-hybridized carbons (Fsp3) is 0.625. The van der Waals surface area contributed by atoms with Gasteiger partial charge in [0.1, 0.15) is 0 Å². The average molecular weight is 282 g/mol. The van der Waals surface area contributed by atoms with Crippen LogP contribution in [0.3, 0.4) is 0 Å². The third-order valence-corrected chi connectivity index (χ3v) is 4.00. The molecular formula is C16H24F2N2. The summed E-state index contributed by atoms with van der Waals surface area (Å²) >= 11 is 0. The first kappa shape index (κ1) is 15.4. The molecule has 1 fully saturated rings. The number of benzene rings is 1. The van der Waals surface area contributed by atoms with Crippen LogP contribution in [0.4, 0.5) is 8.78 Å². The number of hydrogen-bond donors (Lipinski definition) is 1. The SMILES string of the molecule is CCNC(CN1CCC(C)(C)C1)c1cccc(F)c1F. The summed E-state index contributed by atoms with van der Waals surface area (Å²) in [5, 5.41) is 3.27. The number of rotatable bonds is 5. The molecule has 1 atom stereocenters. The standard InChI is InChI=1S/C16H24F2N2/c1-4-19-14(10-20-9-8-16(2,3)11-20)12-6-5-7-13(17)15(12)18/h5-7,14,19H,4,8-11H2,1-3H3. The third kappa shape index (κ3) is 3.55. The number of nitrogens with zero attached hydrogens (tertiary/aromatic N) is 1. The van der Waals surface area contributed by atoms with Crippen molar-refractivity contribution in [3.8, 4) is 0 Å². The van der Waals surface area contributed by atoms with Gasteiger partial charge in [0.2, 0.25) is 0 Å².